The minimum Gasteiger partial charge on any atom is -0.320 e. The number of likely N-dealkylation sites (tertiary alicyclic amines) is 1. The molecule has 3 heterocycles. The van der Waals surface area contributed by atoms with Crippen molar-refractivity contribution >= 4 is 6.03 Å². The molecule has 4 nitrogen and oxygen atoms in total. The summed E-state index contributed by atoms with van der Waals surface area (Å²) in [5.74, 6) is 0. The van der Waals surface area contributed by atoms with Crippen molar-refractivity contribution in [1.82, 2.24) is 14.7 Å². The summed E-state index contributed by atoms with van der Waals surface area (Å²) in [6, 6.07) is 10.1. The van der Waals surface area contributed by atoms with Gasteiger partial charge in [-0.3, -0.25) is 4.90 Å². The maximum atomic E-state index is 12.5. The third kappa shape index (κ3) is 2.97. The number of benzene rings is 1. The summed E-state index contributed by atoms with van der Waals surface area (Å²) < 4.78 is 0. The molecule has 0 saturated carbocycles. The number of rotatable bonds is 3. The number of carbonyl (C=O) groups excluding carboxylic acids is 1. The van der Waals surface area contributed by atoms with E-state index in [2.05, 4.69) is 45.9 Å². The van der Waals surface area contributed by atoms with Gasteiger partial charge in [0.05, 0.1) is 6.04 Å². The summed E-state index contributed by atoms with van der Waals surface area (Å²) in [7, 11) is 0. The Labute approximate surface area is 139 Å². The first-order chi connectivity index (χ1) is 11.2. The Balaban J connectivity index is 1.31. The summed E-state index contributed by atoms with van der Waals surface area (Å²) in [4.78, 5) is 19.3. The molecule has 4 rings (SSSR count). The van der Waals surface area contributed by atoms with Crippen LogP contribution in [-0.4, -0.2) is 59.0 Å². The van der Waals surface area contributed by atoms with E-state index in [1.165, 1.54) is 24.0 Å². The topological polar surface area (TPSA) is 26.8 Å². The molecule has 0 N–H and O–H groups in total. The number of urea groups is 1. The molecule has 1 atom stereocenters. The van der Waals surface area contributed by atoms with Crippen LogP contribution in [0.3, 0.4) is 0 Å². The average Bonchev–Trinajstić information content (AvgIpc) is 3.14. The second kappa shape index (κ2) is 6.16. The summed E-state index contributed by atoms with van der Waals surface area (Å²) >= 11 is 0. The van der Waals surface area contributed by atoms with E-state index in [1.54, 1.807) is 0 Å². The normalized spacial score (nSPS) is 26.1. The largest absolute Gasteiger partial charge is 0.320 e. The number of carbonyl (C=O) groups is 1. The van der Waals surface area contributed by atoms with E-state index in [0.717, 1.165) is 45.6 Å². The highest BCUT2D eigenvalue weighted by atomic mass is 16.2. The molecule has 3 aliphatic heterocycles. The van der Waals surface area contributed by atoms with Crippen molar-refractivity contribution in [3.63, 3.8) is 0 Å². The van der Waals surface area contributed by atoms with Crippen LogP contribution in [0.25, 0.3) is 0 Å². The van der Waals surface area contributed by atoms with Gasteiger partial charge in [0.1, 0.15) is 0 Å². The van der Waals surface area contributed by atoms with Gasteiger partial charge in [-0.2, -0.15) is 0 Å². The molecule has 0 spiro atoms. The van der Waals surface area contributed by atoms with Gasteiger partial charge < -0.3 is 9.80 Å². The predicted octanol–water partition coefficient (Wildman–Crippen LogP) is 2.86. The fourth-order valence-corrected chi connectivity index (χ4v) is 4.39. The number of nitrogens with zero attached hydrogens (tertiary/aromatic N) is 3. The van der Waals surface area contributed by atoms with Crippen LogP contribution in [0.4, 0.5) is 4.79 Å². The third-order valence-electron chi connectivity index (χ3n) is 5.80. The zero-order valence-electron chi connectivity index (χ0n) is 14.1. The van der Waals surface area contributed by atoms with Gasteiger partial charge in [0, 0.05) is 38.8 Å². The van der Waals surface area contributed by atoms with E-state index in [9.17, 15) is 4.79 Å². The molecule has 0 bridgehead atoms. The fraction of sp³-hybridized carbons (Fsp3) is 0.632. The van der Waals surface area contributed by atoms with Crippen LogP contribution in [0.1, 0.15) is 36.8 Å². The lowest BCUT2D eigenvalue weighted by molar-refractivity contribution is 0.126. The quantitative estimate of drug-likeness (QED) is 0.858. The van der Waals surface area contributed by atoms with E-state index in [4.69, 9.17) is 0 Å². The smallest absolute Gasteiger partial charge is 0.320 e. The minimum atomic E-state index is 0.310. The van der Waals surface area contributed by atoms with Gasteiger partial charge in [0.25, 0.3) is 0 Å². The lowest BCUT2D eigenvalue weighted by Gasteiger charge is -2.36. The second-order valence-corrected chi connectivity index (χ2v) is 7.42. The summed E-state index contributed by atoms with van der Waals surface area (Å²) in [6.45, 7) is 7.33. The summed E-state index contributed by atoms with van der Waals surface area (Å²) in [5.41, 5.74) is 2.72. The Hall–Kier alpha value is -1.55. The Bertz CT molecular complexity index is 562. The lowest BCUT2D eigenvalue weighted by atomic mass is 10.0. The number of fused-ring (bicyclic) bond motifs is 1. The van der Waals surface area contributed by atoms with Crippen LogP contribution in [-0.2, 0) is 6.54 Å². The summed E-state index contributed by atoms with van der Waals surface area (Å²) in [6.07, 6.45) is 4.64. The number of aryl methyl sites for hydroxylation is 1. The maximum absolute atomic E-state index is 12.5. The van der Waals surface area contributed by atoms with E-state index >= 15 is 0 Å². The van der Waals surface area contributed by atoms with E-state index in [1.807, 2.05) is 0 Å². The standard InChI is InChI=1S/C19H27N3O/c1-15-4-6-16(7-5-15)13-20-11-8-17(9-12-20)22-14-18-3-2-10-21(18)19(22)23/h4-7,17-18H,2-3,8-14H2,1H3. The van der Waals surface area contributed by atoms with Crippen molar-refractivity contribution in [2.45, 2.75) is 51.2 Å². The molecule has 2 amide bonds. The van der Waals surface area contributed by atoms with Crippen molar-refractivity contribution in [2.24, 2.45) is 0 Å². The Morgan fingerprint density at radius 1 is 0.957 bits per heavy atom. The fourth-order valence-electron chi connectivity index (χ4n) is 4.39. The van der Waals surface area contributed by atoms with Crippen LogP contribution in [0, 0.1) is 6.92 Å². The third-order valence-corrected chi connectivity index (χ3v) is 5.80. The zero-order chi connectivity index (χ0) is 15.8. The second-order valence-electron chi connectivity index (χ2n) is 7.42. The van der Waals surface area contributed by atoms with Gasteiger partial charge >= 0.3 is 6.03 Å². The molecule has 0 radical (unpaired) electrons. The molecule has 1 aromatic carbocycles. The van der Waals surface area contributed by atoms with Crippen LogP contribution in [0.15, 0.2) is 24.3 Å². The highest BCUT2D eigenvalue weighted by Crippen LogP contribution is 2.30. The van der Waals surface area contributed by atoms with Gasteiger partial charge in [-0.15, -0.1) is 0 Å². The van der Waals surface area contributed by atoms with Crippen LogP contribution < -0.4 is 0 Å². The molecule has 124 valence electrons. The lowest BCUT2D eigenvalue weighted by Crippen LogP contribution is -2.46. The van der Waals surface area contributed by atoms with Crippen molar-refractivity contribution in [1.29, 1.82) is 0 Å². The SMILES string of the molecule is Cc1ccc(CN2CCC(N3CC4CCCN4C3=O)CC2)cc1. The molecule has 23 heavy (non-hydrogen) atoms. The number of amides is 2. The molecule has 3 saturated heterocycles. The van der Waals surface area contributed by atoms with Crippen LogP contribution in [0.5, 0.6) is 0 Å². The highest BCUT2D eigenvalue weighted by molar-refractivity contribution is 5.78. The summed E-state index contributed by atoms with van der Waals surface area (Å²) in [5, 5.41) is 0. The van der Waals surface area contributed by atoms with Gasteiger partial charge in [0.15, 0.2) is 0 Å². The molecule has 0 aromatic heterocycles. The molecule has 3 aliphatic rings. The molecule has 1 aromatic rings. The van der Waals surface area contributed by atoms with Crippen molar-refractivity contribution < 1.29 is 4.79 Å². The molecule has 1 unspecified atom stereocenters. The Morgan fingerprint density at radius 3 is 2.39 bits per heavy atom. The minimum absolute atomic E-state index is 0.310. The molecular formula is C19H27N3O. The van der Waals surface area contributed by atoms with Gasteiger partial charge in [0.2, 0.25) is 0 Å². The Kier molecular flexibility index (Phi) is 4.02. The highest BCUT2D eigenvalue weighted by Gasteiger charge is 2.43. The van der Waals surface area contributed by atoms with E-state index in [0.29, 0.717) is 18.1 Å². The van der Waals surface area contributed by atoms with Crippen molar-refractivity contribution in [2.75, 3.05) is 26.2 Å². The Morgan fingerprint density at radius 2 is 1.70 bits per heavy atom. The van der Waals surface area contributed by atoms with Gasteiger partial charge in [-0.05, 0) is 38.2 Å². The maximum Gasteiger partial charge on any atom is 0.320 e. The zero-order valence-corrected chi connectivity index (χ0v) is 14.1. The average molecular weight is 313 g/mol. The first kappa shape index (κ1) is 15.0. The first-order valence-corrected chi connectivity index (χ1v) is 9.06. The monoisotopic (exact) mass is 313 g/mol. The van der Waals surface area contributed by atoms with Crippen LogP contribution in [0.2, 0.25) is 0 Å². The van der Waals surface area contributed by atoms with E-state index < -0.39 is 0 Å². The molecular weight excluding hydrogens is 286 g/mol. The number of piperidine rings is 1. The van der Waals surface area contributed by atoms with Gasteiger partial charge in [-0.25, -0.2) is 4.79 Å². The van der Waals surface area contributed by atoms with Gasteiger partial charge in [-0.1, -0.05) is 29.8 Å². The van der Waals surface area contributed by atoms with E-state index in [-0.39, 0.29) is 0 Å². The van der Waals surface area contributed by atoms with Crippen molar-refractivity contribution in [3.8, 4) is 0 Å². The number of hydrogen-bond acceptors (Lipinski definition) is 2. The van der Waals surface area contributed by atoms with Crippen LogP contribution >= 0.6 is 0 Å². The molecule has 0 aliphatic carbocycles. The number of hydrogen-bond donors (Lipinski definition) is 0. The van der Waals surface area contributed by atoms with Crippen molar-refractivity contribution in [3.05, 3.63) is 35.4 Å². The first-order valence-electron chi connectivity index (χ1n) is 9.06. The molecule has 4 heteroatoms. The molecule has 3 fully saturated rings. The predicted molar refractivity (Wildman–Crippen MR) is 91.3 cm³/mol.